The molecule has 1 saturated heterocycles. The molecule has 136 valence electrons. The quantitative estimate of drug-likeness (QED) is 0.830. The first kappa shape index (κ1) is 18.0. The van der Waals surface area contributed by atoms with Crippen molar-refractivity contribution in [1.82, 2.24) is 4.90 Å². The molecule has 2 N–H and O–H groups in total. The van der Waals surface area contributed by atoms with E-state index in [-0.39, 0.29) is 12.0 Å². The molecule has 0 saturated carbocycles. The number of benzene rings is 1. The SMILES string of the molecule is CC(C)(C)OC(=O)N1CCc2cc(N3CC[C@H](N)C3=O)c(Cl)cc2C1. The Bertz CT molecular complexity index is 714. The van der Waals surface area contributed by atoms with Crippen LogP contribution in [0.2, 0.25) is 5.02 Å². The van der Waals surface area contributed by atoms with Crippen LogP contribution in [0.5, 0.6) is 0 Å². The number of halogens is 1. The highest BCUT2D eigenvalue weighted by Gasteiger charge is 2.32. The van der Waals surface area contributed by atoms with E-state index in [1.807, 2.05) is 32.9 Å². The van der Waals surface area contributed by atoms with Crippen molar-refractivity contribution < 1.29 is 14.3 Å². The summed E-state index contributed by atoms with van der Waals surface area (Å²) in [5.74, 6) is -0.0898. The lowest BCUT2D eigenvalue weighted by Gasteiger charge is -2.32. The van der Waals surface area contributed by atoms with Gasteiger partial charge >= 0.3 is 6.09 Å². The molecule has 25 heavy (non-hydrogen) atoms. The van der Waals surface area contributed by atoms with E-state index in [1.165, 1.54) is 0 Å². The Hall–Kier alpha value is -1.79. The van der Waals surface area contributed by atoms with E-state index < -0.39 is 11.6 Å². The summed E-state index contributed by atoms with van der Waals surface area (Å²) in [4.78, 5) is 27.8. The van der Waals surface area contributed by atoms with Gasteiger partial charge in [-0.15, -0.1) is 0 Å². The molecule has 2 aliphatic heterocycles. The maximum Gasteiger partial charge on any atom is 0.410 e. The molecule has 2 amide bonds. The van der Waals surface area contributed by atoms with Gasteiger partial charge in [-0.3, -0.25) is 4.79 Å². The lowest BCUT2D eigenvalue weighted by atomic mass is 9.99. The number of carbonyl (C=O) groups is 2. The molecule has 1 aromatic rings. The van der Waals surface area contributed by atoms with Crippen LogP contribution < -0.4 is 10.6 Å². The Morgan fingerprint density at radius 3 is 2.60 bits per heavy atom. The van der Waals surface area contributed by atoms with E-state index >= 15 is 0 Å². The van der Waals surface area contributed by atoms with Crippen molar-refractivity contribution >= 4 is 29.3 Å². The standard InChI is InChI=1S/C18H24ClN3O3/c1-18(2,3)25-17(24)21-6-4-11-9-15(13(19)8-12(11)10-21)22-7-5-14(20)16(22)23/h8-9,14H,4-7,10,20H2,1-3H3/t14-/m0/s1. The zero-order valence-electron chi connectivity index (χ0n) is 14.8. The first-order chi connectivity index (χ1) is 11.7. The van der Waals surface area contributed by atoms with Gasteiger partial charge in [-0.1, -0.05) is 11.6 Å². The van der Waals surface area contributed by atoms with Gasteiger partial charge in [-0.25, -0.2) is 4.79 Å². The highest BCUT2D eigenvalue weighted by atomic mass is 35.5. The number of carbonyl (C=O) groups excluding carboxylic acids is 2. The van der Waals surface area contributed by atoms with Gasteiger partial charge < -0.3 is 20.3 Å². The summed E-state index contributed by atoms with van der Waals surface area (Å²) >= 11 is 6.42. The Morgan fingerprint density at radius 1 is 1.28 bits per heavy atom. The number of amides is 2. The molecule has 0 spiro atoms. The minimum Gasteiger partial charge on any atom is -0.444 e. The monoisotopic (exact) mass is 365 g/mol. The lowest BCUT2D eigenvalue weighted by molar-refractivity contribution is -0.118. The minimum absolute atomic E-state index is 0.0898. The first-order valence-corrected chi connectivity index (χ1v) is 8.90. The number of fused-ring (bicyclic) bond motifs is 1. The molecule has 1 aromatic carbocycles. The molecule has 0 radical (unpaired) electrons. The summed E-state index contributed by atoms with van der Waals surface area (Å²) in [7, 11) is 0. The summed E-state index contributed by atoms with van der Waals surface area (Å²) in [6, 6.07) is 3.36. The smallest absolute Gasteiger partial charge is 0.410 e. The Labute approximate surface area is 152 Å². The van der Waals surface area contributed by atoms with Gasteiger partial charge in [0.05, 0.1) is 16.8 Å². The number of nitrogens with zero attached hydrogens (tertiary/aromatic N) is 2. The van der Waals surface area contributed by atoms with E-state index in [2.05, 4.69) is 0 Å². The third kappa shape index (κ3) is 3.75. The van der Waals surface area contributed by atoms with Crippen LogP contribution in [0.1, 0.15) is 38.3 Å². The van der Waals surface area contributed by atoms with E-state index in [4.69, 9.17) is 22.1 Å². The fourth-order valence-corrected chi connectivity index (χ4v) is 3.48. The largest absolute Gasteiger partial charge is 0.444 e. The van der Waals surface area contributed by atoms with Crippen molar-refractivity contribution in [2.75, 3.05) is 18.0 Å². The van der Waals surface area contributed by atoms with Gasteiger partial charge in [0.15, 0.2) is 0 Å². The van der Waals surface area contributed by atoms with Gasteiger partial charge in [0.25, 0.3) is 0 Å². The van der Waals surface area contributed by atoms with Crippen LogP contribution in [0.15, 0.2) is 12.1 Å². The van der Waals surface area contributed by atoms with Gasteiger partial charge in [0, 0.05) is 19.6 Å². The fourth-order valence-electron chi connectivity index (χ4n) is 3.20. The second-order valence-electron chi connectivity index (χ2n) is 7.61. The second-order valence-corrected chi connectivity index (χ2v) is 8.02. The number of hydrogen-bond donors (Lipinski definition) is 1. The maximum atomic E-state index is 12.3. The van der Waals surface area contributed by atoms with Crippen LogP contribution in [-0.4, -0.2) is 41.6 Å². The van der Waals surface area contributed by atoms with Gasteiger partial charge in [0.1, 0.15) is 5.60 Å². The molecule has 0 bridgehead atoms. The van der Waals surface area contributed by atoms with Crippen LogP contribution in [-0.2, 0) is 22.5 Å². The maximum absolute atomic E-state index is 12.3. The first-order valence-electron chi connectivity index (χ1n) is 8.52. The molecular formula is C18H24ClN3O3. The Kier molecular flexibility index (Phi) is 4.68. The highest BCUT2D eigenvalue weighted by molar-refractivity contribution is 6.34. The van der Waals surface area contributed by atoms with Crippen LogP contribution in [0, 0.1) is 0 Å². The predicted octanol–water partition coefficient (Wildman–Crippen LogP) is 2.70. The number of hydrogen-bond acceptors (Lipinski definition) is 4. The van der Waals surface area contributed by atoms with Crippen molar-refractivity contribution in [3.05, 3.63) is 28.3 Å². The van der Waals surface area contributed by atoms with Crippen molar-refractivity contribution in [3.63, 3.8) is 0 Å². The highest BCUT2D eigenvalue weighted by Crippen LogP contribution is 2.34. The third-order valence-corrected chi connectivity index (χ3v) is 4.77. The van der Waals surface area contributed by atoms with E-state index in [0.29, 0.717) is 43.2 Å². The average molecular weight is 366 g/mol. The van der Waals surface area contributed by atoms with Crippen molar-refractivity contribution in [3.8, 4) is 0 Å². The van der Waals surface area contributed by atoms with E-state index in [0.717, 1.165) is 11.1 Å². The zero-order chi connectivity index (χ0) is 18.4. The molecule has 3 rings (SSSR count). The summed E-state index contributed by atoms with van der Waals surface area (Å²) in [6.07, 6.45) is 1.02. The predicted molar refractivity (Wildman–Crippen MR) is 96.7 cm³/mol. The molecule has 1 atom stereocenters. The number of anilines is 1. The van der Waals surface area contributed by atoms with Crippen LogP contribution in [0.3, 0.4) is 0 Å². The van der Waals surface area contributed by atoms with Gasteiger partial charge in [-0.05, 0) is 56.9 Å². The summed E-state index contributed by atoms with van der Waals surface area (Å²) in [5.41, 5.74) is 8.09. The van der Waals surface area contributed by atoms with Crippen molar-refractivity contribution in [2.24, 2.45) is 5.73 Å². The summed E-state index contributed by atoms with van der Waals surface area (Å²) < 4.78 is 5.44. The molecule has 0 aromatic heterocycles. The van der Waals surface area contributed by atoms with Crippen LogP contribution >= 0.6 is 11.6 Å². The molecule has 7 heteroatoms. The van der Waals surface area contributed by atoms with E-state index in [1.54, 1.807) is 9.80 Å². The number of rotatable bonds is 1. The minimum atomic E-state index is -0.520. The average Bonchev–Trinajstić information content (AvgIpc) is 2.84. The molecule has 6 nitrogen and oxygen atoms in total. The molecule has 0 aliphatic carbocycles. The third-order valence-electron chi connectivity index (χ3n) is 4.47. The Morgan fingerprint density at radius 2 is 2.00 bits per heavy atom. The van der Waals surface area contributed by atoms with Crippen LogP contribution in [0.25, 0.3) is 0 Å². The zero-order valence-corrected chi connectivity index (χ0v) is 15.6. The number of ether oxygens (including phenoxy) is 1. The molecule has 0 unspecified atom stereocenters. The second kappa shape index (κ2) is 6.50. The fraction of sp³-hybridized carbons (Fsp3) is 0.556. The molecule has 1 fully saturated rings. The van der Waals surface area contributed by atoms with Crippen LogP contribution in [0.4, 0.5) is 10.5 Å². The van der Waals surface area contributed by atoms with Crippen molar-refractivity contribution in [1.29, 1.82) is 0 Å². The normalized spacial score (nSPS) is 20.7. The topological polar surface area (TPSA) is 75.9 Å². The van der Waals surface area contributed by atoms with Gasteiger partial charge in [0.2, 0.25) is 5.91 Å². The summed E-state index contributed by atoms with van der Waals surface area (Å²) in [6.45, 7) is 7.17. The summed E-state index contributed by atoms with van der Waals surface area (Å²) in [5, 5.41) is 0.507. The lowest BCUT2D eigenvalue weighted by Crippen LogP contribution is -2.40. The molecule has 2 aliphatic rings. The molecule has 2 heterocycles. The van der Waals surface area contributed by atoms with E-state index in [9.17, 15) is 9.59 Å². The Balaban J connectivity index is 1.80. The number of nitrogens with two attached hydrogens (primary N) is 1. The molecular weight excluding hydrogens is 342 g/mol. The van der Waals surface area contributed by atoms with Crippen molar-refractivity contribution in [2.45, 2.75) is 51.8 Å². The van der Waals surface area contributed by atoms with Gasteiger partial charge in [-0.2, -0.15) is 0 Å².